The maximum atomic E-state index is 12.7. The summed E-state index contributed by atoms with van der Waals surface area (Å²) in [4.78, 5) is 21.5. The van der Waals surface area contributed by atoms with Crippen molar-refractivity contribution >= 4 is 12.1 Å². The summed E-state index contributed by atoms with van der Waals surface area (Å²) in [6.07, 6.45) is 20.6. The van der Waals surface area contributed by atoms with E-state index in [2.05, 4.69) is 48.0 Å². The van der Waals surface area contributed by atoms with Gasteiger partial charge in [-0.1, -0.05) is 48.5 Å². The molecule has 2 heterocycles. The molecule has 28 heavy (non-hydrogen) atoms. The smallest absolute Gasteiger partial charge is 0.228 e. The molecule has 1 fully saturated rings. The predicted octanol–water partition coefficient (Wildman–Crippen LogP) is 4.79. The molecule has 1 amide bonds. The molecular formula is C24H33N3O. The number of allylic oxidation sites excluding steroid dienone is 8. The third kappa shape index (κ3) is 5.82. The highest BCUT2D eigenvalue weighted by Crippen LogP contribution is 2.23. The molecule has 0 radical (unpaired) electrons. The van der Waals surface area contributed by atoms with Crippen LogP contribution in [0.3, 0.4) is 0 Å². The lowest BCUT2D eigenvalue weighted by atomic mass is 10.1. The van der Waals surface area contributed by atoms with E-state index in [4.69, 9.17) is 0 Å². The van der Waals surface area contributed by atoms with E-state index in [9.17, 15) is 4.79 Å². The van der Waals surface area contributed by atoms with Gasteiger partial charge in [-0.2, -0.15) is 0 Å². The second kappa shape index (κ2) is 10.3. The fourth-order valence-electron chi connectivity index (χ4n) is 3.94. The zero-order chi connectivity index (χ0) is 19.8. The van der Waals surface area contributed by atoms with Gasteiger partial charge in [0.1, 0.15) is 0 Å². The Bertz CT molecular complexity index is 744. The number of piperazine rings is 1. The molecule has 4 nitrogen and oxygen atoms in total. The van der Waals surface area contributed by atoms with Crippen LogP contribution in [0.5, 0.6) is 0 Å². The van der Waals surface area contributed by atoms with E-state index in [0.29, 0.717) is 6.42 Å². The van der Waals surface area contributed by atoms with Crippen molar-refractivity contribution in [2.75, 3.05) is 26.2 Å². The number of hydrogen-bond donors (Lipinski definition) is 0. The van der Waals surface area contributed by atoms with Crippen molar-refractivity contribution in [1.29, 1.82) is 0 Å². The van der Waals surface area contributed by atoms with Crippen LogP contribution in [0.1, 0.15) is 52.4 Å². The Kier molecular flexibility index (Phi) is 7.46. The van der Waals surface area contributed by atoms with E-state index >= 15 is 0 Å². The molecule has 0 unspecified atom stereocenters. The summed E-state index contributed by atoms with van der Waals surface area (Å²) in [7, 11) is 0. The van der Waals surface area contributed by atoms with Crippen molar-refractivity contribution in [3.05, 3.63) is 59.0 Å². The van der Waals surface area contributed by atoms with E-state index in [-0.39, 0.29) is 5.91 Å². The number of hydrogen-bond acceptors (Lipinski definition) is 3. The molecular weight excluding hydrogens is 346 g/mol. The number of carbonyl (C=O) groups excluding carboxylic acids is 1. The molecule has 2 aliphatic heterocycles. The molecule has 0 aromatic carbocycles. The standard InChI is InChI=1S/C24H33N3O/c1-3-21-9-6-7-11-23(18-20(2)17-21)26-13-15-27(16-14-26)24(28)19-22-10-5-4-8-12-25-22/h4-5,9-12,17H,3,6-8,13-16,18-19H2,1-2H3/b20-17-,21-9?,23-11+. The molecule has 0 N–H and O–H groups in total. The number of rotatable bonds is 4. The van der Waals surface area contributed by atoms with Gasteiger partial charge in [-0.3, -0.25) is 9.79 Å². The summed E-state index contributed by atoms with van der Waals surface area (Å²) >= 11 is 0. The Morgan fingerprint density at radius 2 is 1.93 bits per heavy atom. The third-order valence-corrected chi connectivity index (χ3v) is 5.55. The fourth-order valence-corrected chi connectivity index (χ4v) is 3.94. The lowest BCUT2D eigenvalue weighted by Crippen LogP contribution is -2.48. The zero-order valence-corrected chi connectivity index (χ0v) is 17.4. The minimum Gasteiger partial charge on any atom is -0.371 e. The van der Waals surface area contributed by atoms with Crippen molar-refractivity contribution in [2.45, 2.75) is 52.4 Å². The van der Waals surface area contributed by atoms with Gasteiger partial charge in [0.25, 0.3) is 0 Å². The summed E-state index contributed by atoms with van der Waals surface area (Å²) in [6, 6.07) is 0. The van der Waals surface area contributed by atoms with Crippen LogP contribution in [0.4, 0.5) is 0 Å². The number of nitrogens with zero attached hydrogens (tertiary/aromatic N) is 3. The molecule has 0 saturated carbocycles. The van der Waals surface area contributed by atoms with Crippen LogP contribution in [-0.2, 0) is 4.79 Å². The van der Waals surface area contributed by atoms with Crippen LogP contribution >= 0.6 is 0 Å². The summed E-state index contributed by atoms with van der Waals surface area (Å²) in [6.45, 7) is 7.89. The van der Waals surface area contributed by atoms with E-state index in [1.165, 1.54) is 16.8 Å². The zero-order valence-electron chi connectivity index (χ0n) is 17.4. The van der Waals surface area contributed by atoms with Crippen LogP contribution in [-0.4, -0.2) is 48.1 Å². The van der Waals surface area contributed by atoms with Gasteiger partial charge in [0.2, 0.25) is 5.91 Å². The van der Waals surface area contributed by atoms with Crippen molar-refractivity contribution in [2.24, 2.45) is 4.99 Å². The lowest BCUT2D eigenvalue weighted by molar-refractivity contribution is -0.131. The summed E-state index contributed by atoms with van der Waals surface area (Å²) in [5.41, 5.74) is 5.16. The quantitative estimate of drug-likeness (QED) is 0.704. The average molecular weight is 380 g/mol. The van der Waals surface area contributed by atoms with Crippen molar-refractivity contribution in [3.63, 3.8) is 0 Å². The van der Waals surface area contributed by atoms with Gasteiger partial charge >= 0.3 is 0 Å². The molecule has 1 aliphatic carbocycles. The van der Waals surface area contributed by atoms with E-state index in [1.807, 2.05) is 23.3 Å². The van der Waals surface area contributed by atoms with Gasteiger partial charge in [-0.15, -0.1) is 0 Å². The van der Waals surface area contributed by atoms with Gasteiger partial charge in [0.05, 0.1) is 6.42 Å². The van der Waals surface area contributed by atoms with Crippen molar-refractivity contribution in [1.82, 2.24) is 9.80 Å². The molecule has 3 aliphatic rings. The first-order valence-corrected chi connectivity index (χ1v) is 10.6. The molecule has 0 atom stereocenters. The first-order chi connectivity index (χ1) is 13.7. The Hall–Kier alpha value is -2.36. The van der Waals surface area contributed by atoms with Gasteiger partial charge < -0.3 is 9.80 Å². The SMILES string of the molecule is CCC1=CCC/C=C(/N2CCN(C(=O)CC3=CC=CCC=N3)CC2)C/C(C)=C\1. The third-order valence-electron chi connectivity index (χ3n) is 5.55. The van der Waals surface area contributed by atoms with Crippen LogP contribution in [0, 0.1) is 0 Å². The van der Waals surface area contributed by atoms with E-state index < -0.39 is 0 Å². The van der Waals surface area contributed by atoms with Crippen molar-refractivity contribution < 1.29 is 4.79 Å². The summed E-state index contributed by atoms with van der Waals surface area (Å²) < 4.78 is 0. The van der Waals surface area contributed by atoms with Gasteiger partial charge in [-0.05, 0) is 32.3 Å². The van der Waals surface area contributed by atoms with E-state index in [1.54, 1.807) is 0 Å². The maximum Gasteiger partial charge on any atom is 0.228 e. The first kappa shape index (κ1) is 20.4. The fraction of sp³-hybridized carbons (Fsp3) is 0.500. The molecule has 4 heteroatoms. The minimum atomic E-state index is 0.189. The van der Waals surface area contributed by atoms with Crippen LogP contribution < -0.4 is 0 Å². The largest absolute Gasteiger partial charge is 0.371 e. The Morgan fingerprint density at radius 3 is 2.71 bits per heavy atom. The molecule has 0 aromatic heterocycles. The topological polar surface area (TPSA) is 35.9 Å². The monoisotopic (exact) mass is 379 g/mol. The average Bonchev–Trinajstić information content (AvgIpc) is 2.92. The summed E-state index contributed by atoms with van der Waals surface area (Å²) in [5.74, 6) is 0.189. The highest BCUT2D eigenvalue weighted by atomic mass is 16.2. The number of aliphatic imine (C=N–C) groups is 1. The lowest BCUT2D eigenvalue weighted by Gasteiger charge is -2.37. The minimum absolute atomic E-state index is 0.189. The molecule has 0 aromatic rings. The maximum absolute atomic E-state index is 12.7. The Labute approximate surface area is 169 Å². The Morgan fingerprint density at radius 1 is 1.14 bits per heavy atom. The molecule has 3 rings (SSSR count). The van der Waals surface area contributed by atoms with E-state index in [0.717, 1.165) is 64.0 Å². The molecule has 1 saturated heterocycles. The van der Waals surface area contributed by atoms with Crippen LogP contribution in [0.2, 0.25) is 0 Å². The second-order valence-corrected chi connectivity index (χ2v) is 7.75. The van der Waals surface area contributed by atoms with Crippen LogP contribution in [0.25, 0.3) is 0 Å². The first-order valence-electron chi connectivity index (χ1n) is 10.6. The van der Waals surface area contributed by atoms with Crippen LogP contribution in [0.15, 0.2) is 64.0 Å². The number of carbonyl (C=O) groups is 1. The molecule has 150 valence electrons. The predicted molar refractivity (Wildman–Crippen MR) is 117 cm³/mol. The molecule has 0 bridgehead atoms. The van der Waals surface area contributed by atoms with Crippen molar-refractivity contribution in [3.8, 4) is 0 Å². The summed E-state index contributed by atoms with van der Waals surface area (Å²) in [5, 5.41) is 0. The highest BCUT2D eigenvalue weighted by molar-refractivity contribution is 5.79. The second-order valence-electron chi connectivity index (χ2n) is 7.75. The molecule has 0 spiro atoms. The number of amides is 1. The normalized spacial score (nSPS) is 24.6. The van der Waals surface area contributed by atoms with Gasteiger partial charge in [0, 0.05) is 56.6 Å². The Balaban J connectivity index is 1.55. The van der Waals surface area contributed by atoms with Gasteiger partial charge in [-0.25, -0.2) is 0 Å². The highest BCUT2D eigenvalue weighted by Gasteiger charge is 2.23. The van der Waals surface area contributed by atoms with Gasteiger partial charge in [0.15, 0.2) is 0 Å².